The van der Waals surface area contributed by atoms with E-state index in [-0.39, 0.29) is 12.5 Å². The zero-order chi connectivity index (χ0) is 20.1. The van der Waals surface area contributed by atoms with Gasteiger partial charge in [-0.15, -0.1) is 0 Å². The fourth-order valence-electron chi connectivity index (χ4n) is 3.22. The van der Waals surface area contributed by atoms with Crippen molar-refractivity contribution in [1.29, 1.82) is 0 Å². The van der Waals surface area contributed by atoms with Gasteiger partial charge >= 0.3 is 5.97 Å². The van der Waals surface area contributed by atoms with Crippen molar-refractivity contribution in [1.82, 2.24) is 10.3 Å². The summed E-state index contributed by atoms with van der Waals surface area (Å²) < 4.78 is 5.32. The second-order valence-electron chi connectivity index (χ2n) is 6.71. The summed E-state index contributed by atoms with van der Waals surface area (Å²) in [4.78, 5) is 29.5. The zero-order valence-electron chi connectivity index (χ0n) is 16.4. The van der Waals surface area contributed by atoms with Crippen molar-refractivity contribution in [3.63, 3.8) is 0 Å². The molecule has 28 heavy (non-hydrogen) atoms. The van der Waals surface area contributed by atoms with Gasteiger partial charge in [-0.25, -0.2) is 4.79 Å². The average molecular weight is 376 g/mol. The highest BCUT2D eigenvalue weighted by molar-refractivity contribution is 6.05. The SMILES string of the molecule is CCc1nc2ccccc2c(C(=O)OCC(=O)NCc2ccccc2C)c1C. The quantitative estimate of drug-likeness (QED) is 0.663. The molecule has 0 saturated heterocycles. The molecule has 3 aromatic rings. The number of para-hydroxylation sites is 1. The number of aryl methyl sites for hydroxylation is 2. The highest BCUT2D eigenvalue weighted by atomic mass is 16.5. The first-order valence-electron chi connectivity index (χ1n) is 9.37. The smallest absolute Gasteiger partial charge is 0.339 e. The fraction of sp³-hybridized carbons (Fsp3) is 0.261. The van der Waals surface area contributed by atoms with Crippen molar-refractivity contribution < 1.29 is 14.3 Å². The zero-order valence-corrected chi connectivity index (χ0v) is 16.4. The largest absolute Gasteiger partial charge is 0.452 e. The Morgan fingerprint density at radius 1 is 1.04 bits per heavy atom. The molecule has 0 saturated carbocycles. The topological polar surface area (TPSA) is 68.3 Å². The van der Waals surface area contributed by atoms with Crippen LogP contribution in [0.1, 0.15) is 39.7 Å². The molecule has 2 aromatic carbocycles. The van der Waals surface area contributed by atoms with Crippen LogP contribution in [0.3, 0.4) is 0 Å². The minimum atomic E-state index is -0.503. The molecule has 0 bridgehead atoms. The van der Waals surface area contributed by atoms with Gasteiger partial charge in [0.05, 0.1) is 11.1 Å². The maximum atomic E-state index is 12.8. The van der Waals surface area contributed by atoms with E-state index in [0.717, 1.165) is 33.3 Å². The number of nitrogens with zero attached hydrogens (tertiary/aromatic N) is 1. The maximum Gasteiger partial charge on any atom is 0.339 e. The van der Waals surface area contributed by atoms with E-state index in [1.807, 2.05) is 69.3 Å². The van der Waals surface area contributed by atoms with Crippen molar-refractivity contribution in [2.24, 2.45) is 0 Å². The Morgan fingerprint density at radius 2 is 1.75 bits per heavy atom. The number of amides is 1. The normalized spacial score (nSPS) is 10.7. The second kappa shape index (κ2) is 8.65. The van der Waals surface area contributed by atoms with Gasteiger partial charge in [0, 0.05) is 17.6 Å². The van der Waals surface area contributed by atoms with E-state index in [9.17, 15) is 9.59 Å². The third kappa shape index (κ3) is 4.19. The third-order valence-electron chi connectivity index (χ3n) is 4.85. The molecule has 0 atom stereocenters. The van der Waals surface area contributed by atoms with Gasteiger partial charge in [-0.05, 0) is 43.0 Å². The van der Waals surface area contributed by atoms with Gasteiger partial charge in [0.15, 0.2) is 6.61 Å². The van der Waals surface area contributed by atoms with Crippen LogP contribution in [-0.4, -0.2) is 23.5 Å². The molecule has 0 spiro atoms. The molecule has 0 aliphatic carbocycles. The van der Waals surface area contributed by atoms with Crippen molar-refractivity contribution in [3.8, 4) is 0 Å². The Bertz CT molecular complexity index is 1030. The summed E-state index contributed by atoms with van der Waals surface area (Å²) in [6.07, 6.45) is 0.716. The number of rotatable bonds is 6. The van der Waals surface area contributed by atoms with Crippen LogP contribution in [0.25, 0.3) is 10.9 Å². The van der Waals surface area contributed by atoms with Gasteiger partial charge in [0.1, 0.15) is 0 Å². The molecule has 1 amide bonds. The van der Waals surface area contributed by atoms with Crippen LogP contribution in [-0.2, 0) is 22.5 Å². The van der Waals surface area contributed by atoms with Crippen LogP contribution in [0.5, 0.6) is 0 Å². The van der Waals surface area contributed by atoms with Gasteiger partial charge in [0.2, 0.25) is 0 Å². The number of carbonyl (C=O) groups excluding carboxylic acids is 2. The van der Waals surface area contributed by atoms with Gasteiger partial charge in [0.25, 0.3) is 5.91 Å². The molecule has 0 fully saturated rings. The molecule has 0 radical (unpaired) electrons. The molecule has 3 rings (SSSR count). The average Bonchev–Trinajstić information content (AvgIpc) is 2.71. The number of nitrogens with one attached hydrogen (secondary N) is 1. The minimum absolute atomic E-state index is 0.317. The Morgan fingerprint density at radius 3 is 2.50 bits per heavy atom. The number of pyridine rings is 1. The Labute approximate surface area is 164 Å². The fourth-order valence-corrected chi connectivity index (χ4v) is 3.22. The van der Waals surface area contributed by atoms with Crippen LogP contribution in [0, 0.1) is 13.8 Å². The van der Waals surface area contributed by atoms with Gasteiger partial charge in [-0.1, -0.05) is 49.4 Å². The van der Waals surface area contributed by atoms with E-state index < -0.39 is 5.97 Å². The lowest BCUT2D eigenvalue weighted by Gasteiger charge is -2.13. The van der Waals surface area contributed by atoms with Gasteiger partial charge in [-0.3, -0.25) is 9.78 Å². The Balaban J connectivity index is 1.70. The predicted molar refractivity (Wildman–Crippen MR) is 109 cm³/mol. The monoisotopic (exact) mass is 376 g/mol. The summed E-state index contributed by atoms with van der Waals surface area (Å²) in [5.41, 5.74) is 5.02. The summed E-state index contributed by atoms with van der Waals surface area (Å²) in [5, 5.41) is 3.53. The van der Waals surface area contributed by atoms with Crippen LogP contribution >= 0.6 is 0 Å². The molecule has 5 heteroatoms. The predicted octanol–water partition coefficient (Wildman–Crippen LogP) is 3.89. The number of esters is 1. The number of carbonyl (C=O) groups is 2. The summed E-state index contributed by atoms with van der Waals surface area (Å²) in [7, 11) is 0. The molecule has 5 nitrogen and oxygen atoms in total. The summed E-state index contributed by atoms with van der Waals surface area (Å²) in [5.74, 6) is -0.833. The van der Waals surface area contributed by atoms with E-state index in [1.54, 1.807) is 0 Å². The van der Waals surface area contributed by atoms with Crippen LogP contribution < -0.4 is 5.32 Å². The van der Waals surface area contributed by atoms with Crippen molar-refractivity contribution in [2.45, 2.75) is 33.7 Å². The van der Waals surface area contributed by atoms with E-state index in [2.05, 4.69) is 10.3 Å². The number of benzene rings is 2. The highest BCUT2D eigenvalue weighted by Gasteiger charge is 2.19. The number of ether oxygens (including phenoxy) is 1. The molecule has 0 unspecified atom stereocenters. The molecular formula is C23H24N2O3. The number of aromatic nitrogens is 1. The lowest BCUT2D eigenvalue weighted by Crippen LogP contribution is -2.28. The molecule has 1 heterocycles. The van der Waals surface area contributed by atoms with Crippen LogP contribution in [0.2, 0.25) is 0 Å². The minimum Gasteiger partial charge on any atom is -0.452 e. The first kappa shape index (κ1) is 19.5. The maximum absolute atomic E-state index is 12.8. The van der Waals surface area contributed by atoms with Crippen LogP contribution in [0.15, 0.2) is 48.5 Å². The Hall–Kier alpha value is -3.21. The van der Waals surface area contributed by atoms with E-state index in [4.69, 9.17) is 4.74 Å². The molecular weight excluding hydrogens is 352 g/mol. The van der Waals surface area contributed by atoms with Crippen molar-refractivity contribution in [3.05, 3.63) is 76.5 Å². The van der Waals surface area contributed by atoms with Gasteiger partial charge < -0.3 is 10.1 Å². The van der Waals surface area contributed by atoms with Crippen molar-refractivity contribution >= 4 is 22.8 Å². The molecule has 1 aromatic heterocycles. The lowest BCUT2D eigenvalue weighted by atomic mass is 10.0. The number of fused-ring (bicyclic) bond motifs is 1. The van der Waals surface area contributed by atoms with Crippen LogP contribution in [0.4, 0.5) is 0 Å². The molecule has 0 aliphatic heterocycles. The first-order chi connectivity index (χ1) is 13.5. The summed E-state index contributed by atoms with van der Waals surface area (Å²) in [6, 6.07) is 15.3. The standard InChI is InChI=1S/C23H24N2O3/c1-4-19-16(3)22(18-11-7-8-12-20(18)25-19)23(27)28-14-21(26)24-13-17-10-6-5-9-15(17)2/h5-12H,4,13-14H2,1-3H3,(H,24,26). The summed E-state index contributed by atoms with van der Waals surface area (Å²) in [6.45, 7) is 5.94. The van der Waals surface area contributed by atoms with Gasteiger partial charge in [-0.2, -0.15) is 0 Å². The molecule has 1 N–H and O–H groups in total. The lowest BCUT2D eigenvalue weighted by molar-refractivity contribution is -0.124. The number of hydrogen-bond donors (Lipinski definition) is 1. The Kier molecular flexibility index (Phi) is 6.04. The van der Waals surface area contributed by atoms with E-state index >= 15 is 0 Å². The number of hydrogen-bond acceptors (Lipinski definition) is 4. The van der Waals surface area contributed by atoms with E-state index in [0.29, 0.717) is 18.5 Å². The summed E-state index contributed by atoms with van der Waals surface area (Å²) >= 11 is 0. The second-order valence-corrected chi connectivity index (χ2v) is 6.71. The molecule has 144 valence electrons. The third-order valence-corrected chi connectivity index (χ3v) is 4.85. The highest BCUT2D eigenvalue weighted by Crippen LogP contribution is 2.24. The first-order valence-corrected chi connectivity index (χ1v) is 9.37. The molecule has 0 aliphatic rings. The van der Waals surface area contributed by atoms with Crippen molar-refractivity contribution in [2.75, 3.05) is 6.61 Å². The van der Waals surface area contributed by atoms with E-state index in [1.165, 1.54) is 0 Å².